The molecule has 0 unspecified atom stereocenters. The maximum Gasteiger partial charge on any atom is 0.209 e. The Hall–Kier alpha value is -5.37. The van der Waals surface area contributed by atoms with Crippen molar-refractivity contribution in [2.24, 2.45) is 0 Å². The number of hydrogen-bond donors (Lipinski definition) is 4. The molecule has 0 aliphatic heterocycles. The molecule has 13 heteroatoms. The van der Waals surface area contributed by atoms with Gasteiger partial charge in [0.05, 0.1) is 28.4 Å². The van der Waals surface area contributed by atoms with Gasteiger partial charge in [-0.25, -0.2) is 26.9 Å². The van der Waals surface area contributed by atoms with Crippen LogP contribution < -0.4 is 10.0 Å². The molecule has 10 nitrogen and oxygen atoms in total. The van der Waals surface area contributed by atoms with Gasteiger partial charge >= 0.3 is 0 Å². The fourth-order valence-electron chi connectivity index (χ4n) is 5.51. The van der Waals surface area contributed by atoms with Gasteiger partial charge in [0.25, 0.3) is 0 Å². The molecule has 0 bridgehead atoms. The van der Waals surface area contributed by atoms with Gasteiger partial charge in [0, 0.05) is 54.9 Å². The monoisotopic (exact) mass is 650 g/mol. The number of benzene rings is 3. The van der Waals surface area contributed by atoms with Crippen LogP contribution in [0.2, 0.25) is 0 Å². The van der Waals surface area contributed by atoms with Crippen molar-refractivity contribution in [3.63, 3.8) is 0 Å². The zero-order valence-corrected chi connectivity index (χ0v) is 25.9. The fraction of sp³-hybridized carbons (Fsp3) is 0.118. The van der Waals surface area contributed by atoms with Crippen molar-refractivity contribution >= 4 is 32.0 Å². The van der Waals surface area contributed by atoms with E-state index >= 15 is 4.39 Å². The molecule has 3 aromatic carbocycles. The molecule has 4 N–H and O–H groups in total. The highest BCUT2D eigenvalue weighted by molar-refractivity contribution is 7.88. The summed E-state index contributed by atoms with van der Waals surface area (Å²) >= 11 is 0. The van der Waals surface area contributed by atoms with Crippen LogP contribution in [0.15, 0.2) is 91.4 Å². The molecule has 0 fully saturated rings. The van der Waals surface area contributed by atoms with Crippen LogP contribution >= 0.6 is 0 Å². The van der Waals surface area contributed by atoms with Crippen LogP contribution in [0.25, 0.3) is 55.8 Å². The lowest BCUT2D eigenvalue weighted by atomic mass is 10.0. The SMILES string of the molecule is CS(=O)(=O)NCc1cc(F)cc(-c2nccc3[nH]c(-c4n[nH]c5ccc(-c6cncc(CNCc7ccccc7)c6)c(F)c45)nc23)c1. The molecule has 0 atom stereocenters. The van der Waals surface area contributed by atoms with E-state index in [0.717, 1.165) is 17.4 Å². The number of aromatic nitrogens is 6. The highest BCUT2D eigenvalue weighted by Gasteiger charge is 2.21. The predicted molar refractivity (Wildman–Crippen MR) is 176 cm³/mol. The number of sulfonamides is 1. The first-order valence-electron chi connectivity index (χ1n) is 14.7. The molecular weight excluding hydrogens is 622 g/mol. The Morgan fingerprint density at radius 2 is 1.62 bits per heavy atom. The zero-order chi connectivity index (χ0) is 32.5. The van der Waals surface area contributed by atoms with E-state index in [4.69, 9.17) is 4.98 Å². The molecule has 0 radical (unpaired) electrons. The molecule has 236 valence electrons. The minimum Gasteiger partial charge on any atom is -0.336 e. The summed E-state index contributed by atoms with van der Waals surface area (Å²) in [5, 5.41) is 10.9. The van der Waals surface area contributed by atoms with Gasteiger partial charge in [0.1, 0.15) is 22.8 Å². The minimum absolute atomic E-state index is 0.0884. The summed E-state index contributed by atoms with van der Waals surface area (Å²) in [6.07, 6.45) is 5.97. The fourth-order valence-corrected chi connectivity index (χ4v) is 5.94. The normalized spacial score (nSPS) is 11.9. The van der Waals surface area contributed by atoms with Gasteiger partial charge in [-0.3, -0.25) is 15.1 Å². The van der Waals surface area contributed by atoms with Crippen LogP contribution in [0, 0.1) is 11.6 Å². The average Bonchev–Trinajstić information content (AvgIpc) is 3.69. The number of hydrogen-bond acceptors (Lipinski definition) is 7. The van der Waals surface area contributed by atoms with Crippen molar-refractivity contribution in [3.8, 4) is 33.9 Å². The van der Waals surface area contributed by atoms with Gasteiger partial charge in [0.15, 0.2) is 5.82 Å². The van der Waals surface area contributed by atoms with Gasteiger partial charge in [-0.2, -0.15) is 5.10 Å². The molecule has 7 aromatic rings. The Morgan fingerprint density at radius 1 is 0.809 bits per heavy atom. The largest absolute Gasteiger partial charge is 0.336 e. The van der Waals surface area contributed by atoms with Crippen molar-refractivity contribution in [1.82, 2.24) is 40.2 Å². The van der Waals surface area contributed by atoms with E-state index in [1.54, 1.807) is 42.9 Å². The predicted octanol–water partition coefficient (Wildman–Crippen LogP) is 5.85. The van der Waals surface area contributed by atoms with E-state index in [0.29, 0.717) is 63.4 Å². The quantitative estimate of drug-likeness (QED) is 0.146. The molecule has 4 heterocycles. The van der Waals surface area contributed by atoms with Gasteiger partial charge < -0.3 is 10.3 Å². The maximum absolute atomic E-state index is 16.3. The first-order chi connectivity index (χ1) is 22.7. The van der Waals surface area contributed by atoms with E-state index in [-0.39, 0.29) is 17.6 Å². The average molecular weight is 651 g/mol. The zero-order valence-electron chi connectivity index (χ0n) is 25.1. The van der Waals surface area contributed by atoms with Crippen LogP contribution in [-0.2, 0) is 29.7 Å². The van der Waals surface area contributed by atoms with E-state index in [1.807, 2.05) is 36.4 Å². The molecule has 0 saturated heterocycles. The second kappa shape index (κ2) is 12.4. The van der Waals surface area contributed by atoms with Crippen molar-refractivity contribution < 1.29 is 17.2 Å². The standard InChI is InChI=1S/C34H28F2N8O2S/c1-47(45,46)40-18-21-11-23(14-25(35)13-21)31-32-28(9-10-39-31)41-34(42-32)33-29-27(43-44-33)8-7-26(30(29)36)24-12-22(17-38-19-24)16-37-15-20-5-3-2-4-6-20/h2-14,17,19,37,40H,15-16,18H2,1H3,(H,41,42)(H,43,44). The van der Waals surface area contributed by atoms with Crippen LogP contribution in [-0.4, -0.2) is 44.8 Å². The lowest BCUT2D eigenvalue weighted by Crippen LogP contribution is -2.21. The highest BCUT2D eigenvalue weighted by Crippen LogP contribution is 2.35. The number of halogens is 2. The number of fused-ring (bicyclic) bond motifs is 2. The molecule has 47 heavy (non-hydrogen) atoms. The number of aromatic amines is 2. The van der Waals surface area contributed by atoms with Crippen molar-refractivity contribution in [2.45, 2.75) is 19.6 Å². The number of rotatable bonds is 10. The first-order valence-corrected chi connectivity index (χ1v) is 16.6. The number of nitrogens with zero attached hydrogens (tertiary/aromatic N) is 4. The van der Waals surface area contributed by atoms with Gasteiger partial charge in [0.2, 0.25) is 10.0 Å². The van der Waals surface area contributed by atoms with E-state index in [1.165, 1.54) is 12.1 Å². The maximum atomic E-state index is 16.3. The summed E-state index contributed by atoms with van der Waals surface area (Å²) in [7, 11) is -3.48. The number of H-pyrrole nitrogens is 2. The van der Waals surface area contributed by atoms with Crippen molar-refractivity contribution in [1.29, 1.82) is 0 Å². The summed E-state index contributed by atoms with van der Waals surface area (Å²) < 4.78 is 56.5. The molecule has 0 saturated carbocycles. The Bertz CT molecular complexity index is 2360. The molecule has 4 aromatic heterocycles. The number of nitrogens with one attached hydrogen (secondary N) is 4. The van der Waals surface area contributed by atoms with Gasteiger partial charge in [-0.1, -0.05) is 30.3 Å². The Balaban J connectivity index is 1.22. The third kappa shape index (κ3) is 6.49. The second-order valence-electron chi connectivity index (χ2n) is 11.2. The molecular formula is C34H28F2N8O2S. The summed E-state index contributed by atoms with van der Waals surface area (Å²) in [5.74, 6) is -0.737. The van der Waals surface area contributed by atoms with Crippen LogP contribution in [0.5, 0.6) is 0 Å². The van der Waals surface area contributed by atoms with Gasteiger partial charge in [-0.15, -0.1) is 0 Å². The Labute approximate surface area is 268 Å². The summed E-state index contributed by atoms with van der Waals surface area (Å²) in [4.78, 5) is 16.7. The third-order valence-corrected chi connectivity index (χ3v) is 8.34. The molecule has 0 amide bonds. The lowest BCUT2D eigenvalue weighted by molar-refractivity contribution is 0.586. The molecule has 0 aliphatic carbocycles. The van der Waals surface area contributed by atoms with Gasteiger partial charge in [-0.05, 0) is 59.2 Å². The lowest BCUT2D eigenvalue weighted by Gasteiger charge is -2.09. The summed E-state index contributed by atoms with van der Waals surface area (Å²) in [6.45, 7) is 1.17. The van der Waals surface area contributed by atoms with Crippen LogP contribution in [0.3, 0.4) is 0 Å². The summed E-state index contributed by atoms with van der Waals surface area (Å²) in [6, 6.07) is 21.3. The second-order valence-corrected chi connectivity index (χ2v) is 13.0. The topological polar surface area (TPSA) is 141 Å². The number of pyridine rings is 2. The molecule has 0 spiro atoms. The Kier molecular flexibility index (Phi) is 8.02. The van der Waals surface area contributed by atoms with Crippen LogP contribution in [0.4, 0.5) is 8.78 Å². The van der Waals surface area contributed by atoms with Crippen molar-refractivity contribution in [2.75, 3.05) is 6.26 Å². The smallest absolute Gasteiger partial charge is 0.209 e. The molecule has 7 rings (SSSR count). The minimum atomic E-state index is -3.48. The van der Waals surface area contributed by atoms with E-state index < -0.39 is 21.7 Å². The van der Waals surface area contributed by atoms with Crippen molar-refractivity contribution in [3.05, 3.63) is 120 Å². The van der Waals surface area contributed by atoms with Crippen LogP contribution in [0.1, 0.15) is 16.7 Å². The highest BCUT2D eigenvalue weighted by atomic mass is 32.2. The first kappa shape index (κ1) is 30.3. The Morgan fingerprint density at radius 3 is 2.45 bits per heavy atom. The number of imidazole rings is 1. The van der Waals surface area contributed by atoms with E-state index in [9.17, 15) is 12.8 Å². The molecule has 0 aliphatic rings. The third-order valence-electron chi connectivity index (χ3n) is 7.67. The summed E-state index contributed by atoms with van der Waals surface area (Å²) in [5.41, 5.74) is 6.02. The van der Waals surface area contributed by atoms with E-state index in [2.05, 4.69) is 35.2 Å².